The van der Waals surface area contributed by atoms with E-state index in [1.807, 2.05) is 60.9 Å². The molecule has 3 aromatic carbocycles. The molecule has 2 N–H and O–H groups in total. The van der Waals surface area contributed by atoms with Crippen molar-refractivity contribution in [2.24, 2.45) is 0 Å². The molecule has 0 unspecified atom stereocenters. The van der Waals surface area contributed by atoms with Crippen molar-refractivity contribution in [3.05, 3.63) is 77.9 Å². The number of phenolic OH excluding ortho intramolecular Hbond substituents is 1. The third-order valence-corrected chi connectivity index (χ3v) is 6.01. The van der Waals surface area contributed by atoms with Gasteiger partial charge in [-0.2, -0.15) is 0 Å². The maximum atomic E-state index is 12.6. The summed E-state index contributed by atoms with van der Waals surface area (Å²) in [6.45, 7) is 3.99. The van der Waals surface area contributed by atoms with Crippen LogP contribution in [-0.4, -0.2) is 38.6 Å². The summed E-state index contributed by atoms with van der Waals surface area (Å²) in [5.74, 6) is 1.57. The minimum atomic E-state index is -0.123. The van der Waals surface area contributed by atoms with E-state index in [4.69, 9.17) is 4.74 Å². The summed E-state index contributed by atoms with van der Waals surface area (Å²) in [4.78, 5) is 12.6. The summed E-state index contributed by atoms with van der Waals surface area (Å²) in [5, 5.41) is 21.9. The number of carbonyl (C=O) groups is 1. The average molecular weight is 461 g/mol. The number of anilines is 1. The fraction of sp³-hybridized carbons (Fsp3) is 0.160. The fourth-order valence-corrected chi connectivity index (χ4v) is 4.15. The number of aromatic hydroxyl groups is 1. The number of thioether (sulfide) groups is 1. The largest absolute Gasteiger partial charge is 0.508 e. The van der Waals surface area contributed by atoms with E-state index >= 15 is 0 Å². The predicted molar refractivity (Wildman–Crippen MR) is 130 cm³/mol. The normalized spacial score (nSPS) is 10.8. The van der Waals surface area contributed by atoms with E-state index in [1.165, 1.54) is 11.8 Å². The van der Waals surface area contributed by atoms with Crippen LogP contribution in [0.4, 0.5) is 5.69 Å². The number of hydrogen-bond donors (Lipinski definition) is 2. The Balaban J connectivity index is 1.60. The molecule has 0 spiro atoms. The molecule has 168 valence electrons. The van der Waals surface area contributed by atoms with E-state index in [-0.39, 0.29) is 17.4 Å². The van der Waals surface area contributed by atoms with Crippen molar-refractivity contribution in [1.29, 1.82) is 0 Å². The molecule has 0 atom stereocenters. The monoisotopic (exact) mass is 460 g/mol. The van der Waals surface area contributed by atoms with Gasteiger partial charge in [-0.3, -0.25) is 9.36 Å². The third-order valence-electron chi connectivity index (χ3n) is 5.08. The van der Waals surface area contributed by atoms with Gasteiger partial charge in [-0.05, 0) is 74.0 Å². The number of ether oxygens (including phenoxy) is 1. The van der Waals surface area contributed by atoms with E-state index < -0.39 is 0 Å². The Kier molecular flexibility index (Phi) is 6.65. The highest BCUT2D eigenvalue weighted by Gasteiger charge is 2.18. The van der Waals surface area contributed by atoms with Gasteiger partial charge in [0.15, 0.2) is 11.0 Å². The standard InChI is InChI=1S/C25H24N4O3S/c1-16-4-13-22(17(2)14-16)26-23(31)15-33-25-28-27-24(18-5-9-20(30)10-6-18)29(25)19-7-11-21(32-3)12-8-19/h4-14,30H,15H2,1-3H3,(H,26,31). The van der Waals surface area contributed by atoms with Crippen LogP contribution in [0.15, 0.2) is 71.9 Å². The van der Waals surface area contributed by atoms with Gasteiger partial charge in [0.05, 0.1) is 12.9 Å². The topological polar surface area (TPSA) is 89.3 Å². The van der Waals surface area contributed by atoms with E-state index in [0.29, 0.717) is 11.0 Å². The second-order valence-corrected chi connectivity index (χ2v) is 8.48. The summed E-state index contributed by atoms with van der Waals surface area (Å²) in [6.07, 6.45) is 0. The van der Waals surface area contributed by atoms with Gasteiger partial charge < -0.3 is 15.2 Å². The van der Waals surface area contributed by atoms with Gasteiger partial charge in [-0.1, -0.05) is 29.5 Å². The van der Waals surface area contributed by atoms with Gasteiger partial charge in [-0.15, -0.1) is 10.2 Å². The first-order valence-electron chi connectivity index (χ1n) is 10.3. The SMILES string of the molecule is COc1ccc(-n2c(SCC(=O)Nc3ccc(C)cc3C)nnc2-c2ccc(O)cc2)cc1. The van der Waals surface area contributed by atoms with Crippen molar-refractivity contribution in [3.63, 3.8) is 0 Å². The number of nitrogens with zero attached hydrogens (tertiary/aromatic N) is 3. The number of aromatic nitrogens is 3. The quantitative estimate of drug-likeness (QED) is 0.378. The lowest BCUT2D eigenvalue weighted by atomic mass is 10.1. The number of benzene rings is 3. The van der Waals surface area contributed by atoms with Gasteiger partial charge in [-0.25, -0.2) is 0 Å². The minimum Gasteiger partial charge on any atom is -0.508 e. The molecule has 0 fully saturated rings. The average Bonchev–Trinajstić information content (AvgIpc) is 3.24. The van der Waals surface area contributed by atoms with Gasteiger partial charge in [0.2, 0.25) is 5.91 Å². The first kappa shape index (κ1) is 22.4. The molecule has 8 heteroatoms. The number of hydrogen-bond acceptors (Lipinski definition) is 6. The number of amides is 1. The molecule has 33 heavy (non-hydrogen) atoms. The summed E-state index contributed by atoms with van der Waals surface area (Å²) < 4.78 is 7.16. The Morgan fingerprint density at radius 3 is 2.42 bits per heavy atom. The zero-order chi connectivity index (χ0) is 23.4. The molecule has 0 aliphatic heterocycles. The number of aryl methyl sites for hydroxylation is 2. The van der Waals surface area contributed by atoms with Crippen molar-refractivity contribution in [3.8, 4) is 28.6 Å². The second-order valence-electron chi connectivity index (χ2n) is 7.54. The molecule has 1 aromatic heterocycles. The number of carbonyl (C=O) groups excluding carboxylic acids is 1. The zero-order valence-electron chi connectivity index (χ0n) is 18.6. The Hall–Kier alpha value is -3.78. The Morgan fingerprint density at radius 2 is 1.76 bits per heavy atom. The van der Waals surface area contributed by atoms with Crippen molar-refractivity contribution in [2.75, 3.05) is 18.2 Å². The molecule has 0 aliphatic rings. The highest BCUT2D eigenvalue weighted by molar-refractivity contribution is 7.99. The first-order valence-corrected chi connectivity index (χ1v) is 11.3. The molecule has 0 saturated carbocycles. The molecule has 0 saturated heterocycles. The molecule has 4 rings (SSSR count). The van der Waals surface area contributed by atoms with E-state index in [2.05, 4.69) is 15.5 Å². The molecule has 7 nitrogen and oxygen atoms in total. The van der Waals surface area contributed by atoms with Crippen LogP contribution < -0.4 is 10.1 Å². The van der Waals surface area contributed by atoms with Crippen LogP contribution >= 0.6 is 11.8 Å². The summed E-state index contributed by atoms with van der Waals surface area (Å²) in [5.41, 5.74) is 4.59. The molecule has 4 aromatic rings. The van der Waals surface area contributed by atoms with E-state index in [0.717, 1.165) is 33.8 Å². The van der Waals surface area contributed by atoms with Gasteiger partial charge >= 0.3 is 0 Å². The maximum Gasteiger partial charge on any atom is 0.234 e. The fourth-order valence-electron chi connectivity index (χ4n) is 3.40. The zero-order valence-corrected chi connectivity index (χ0v) is 19.4. The van der Waals surface area contributed by atoms with Crippen LogP contribution in [0.5, 0.6) is 11.5 Å². The van der Waals surface area contributed by atoms with Gasteiger partial charge in [0.25, 0.3) is 0 Å². The molecular weight excluding hydrogens is 436 g/mol. The molecular formula is C25H24N4O3S. The number of phenols is 1. The Bertz CT molecular complexity index is 1270. The molecule has 0 aliphatic carbocycles. The van der Waals surface area contributed by atoms with Crippen LogP contribution in [0.1, 0.15) is 11.1 Å². The number of methoxy groups -OCH3 is 1. The highest BCUT2D eigenvalue weighted by Crippen LogP contribution is 2.30. The maximum absolute atomic E-state index is 12.6. The van der Waals surface area contributed by atoms with Gasteiger partial charge in [0, 0.05) is 16.9 Å². The lowest BCUT2D eigenvalue weighted by Crippen LogP contribution is -2.15. The number of nitrogens with one attached hydrogen (secondary N) is 1. The van der Waals surface area contributed by atoms with E-state index in [1.54, 1.807) is 31.4 Å². The molecule has 1 heterocycles. The molecule has 0 radical (unpaired) electrons. The molecule has 0 bridgehead atoms. The predicted octanol–water partition coefficient (Wildman–Crippen LogP) is 5.00. The van der Waals surface area contributed by atoms with Crippen molar-refractivity contribution < 1.29 is 14.6 Å². The van der Waals surface area contributed by atoms with Crippen LogP contribution in [0.3, 0.4) is 0 Å². The number of rotatable bonds is 7. The third kappa shape index (κ3) is 5.18. The Morgan fingerprint density at radius 1 is 1.03 bits per heavy atom. The smallest absolute Gasteiger partial charge is 0.234 e. The van der Waals surface area contributed by atoms with Crippen molar-refractivity contribution >= 4 is 23.4 Å². The van der Waals surface area contributed by atoms with Crippen LogP contribution in [0, 0.1) is 13.8 Å². The Labute approximate surface area is 196 Å². The first-order chi connectivity index (χ1) is 15.9. The summed E-state index contributed by atoms with van der Waals surface area (Å²) in [6, 6.07) is 20.2. The van der Waals surface area contributed by atoms with Crippen molar-refractivity contribution in [2.45, 2.75) is 19.0 Å². The van der Waals surface area contributed by atoms with Crippen LogP contribution in [0.25, 0.3) is 17.1 Å². The summed E-state index contributed by atoms with van der Waals surface area (Å²) >= 11 is 1.30. The van der Waals surface area contributed by atoms with Crippen molar-refractivity contribution in [1.82, 2.24) is 14.8 Å². The van der Waals surface area contributed by atoms with Crippen LogP contribution in [-0.2, 0) is 4.79 Å². The highest BCUT2D eigenvalue weighted by atomic mass is 32.2. The molecule has 1 amide bonds. The van der Waals surface area contributed by atoms with E-state index in [9.17, 15) is 9.90 Å². The lowest BCUT2D eigenvalue weighted by molar-refractivity contribution is -0.113. The summed E-state index contributed by atoms with van der Waals surface area (Å²) in [7, 11) is 1.62. The van der Waals surface area contributed by atoms with Crippen LogP contribution in [0.2, 0.25) is 0 Å². The second kappa shape index (κ2) is 9.79. The minimum absolute atomic E-state index is 0.123. The lowest BCUT2D eigenvalue weighted by Gasteiger charge is -2.12. The van der Waals surface area contributed by atoms with Gasteiger partial charge in [0.1, 0.15) is 11.5 Å².